The van der Waals surface area contributed by atoms with Gasteiger partial charge in [0.1, 0.15) is 5.69 Å². The number of hydrogen-bond donors (Lipinski definition) is 3. The highest BCUT2D eigenvalue weighted by molar-refractivity contribution is 7.90. The highest BCUT2D eigenvalue weighted by Crippen LogP contribution is 2.27. The van der Waals surface area contributed by atoms with Crippen molar-refractivity contribution in [1.29, 1.82) is 0 Å². The van der Waals surface area contributed by atoms with Gasteiger partial charge in [-0.2, -0.15) is 0 Å². The normalized spacial score (nSPS) is 11.7. The van der Waals surface area contributed by atoms with E-state index in [4.69, 9.17) is 0 Å². The largest absolute Gasteiger partial charge is 0.378 e. The van der Waals surface area contributed by atoms with Crippen LogP contribution in [0.1, 0.15) is 5.56 Å². The second-order valence-electron chi connectivity index (χ2n) is 6.30. The number of nitro benzene ring substituents is 1. The minimum absolute atomic E-state index is 0.0871. The molecule has 0 spiro atoms. The molecule has 0 saturated carbocycles. The Morgan fingerprint density at radius 2 is 1.76 bits per heavy atom. The van der Waals surface area contributed by atoms with Crippen molar-refractivity contribution in [2.24, 2.45) is 4.99 Å². The van der Waals surface area contributed by atoms with E-state index in [-0.39, 0.29) is 16.3 Å². The van der Waals surface area contributed by atoms with Gasteiger partial charge in [-0.1, -0.05) is 30.3 Å². The van der Waals surface area contributed by atoms with Gasteiger partial charge in [-0.15, -0.1) is 0 Å². The molecule has 0 bridgehead atoms. The molecule has 0 aliphatic carbocycles. The number of rotatable bonds is 9. The van der Waals surface area contributed by atoms with E-state index < -0.39 is 14.8 Å². The maximum absolute atomic E-state index is 11.6. The fraction of sp³-hybridized carbons (Fsp3) is 0.316. The second-order valence-corrected chi connectivity index (χ2v) is 8.31. The highest BCUT2D eigenvalue weighted by Gasteiger charge is 2.18. The Labute approximate surface area is 170 Å². The number of sulfone groups is 1. The van der Waals surface area contributed by atoms with Crippen molar-refractivity contribution < 1.29 is 13.3 Å². The zero-order valence-corrected chi connectivity index (χ0v) is 17.2. The number of nitrogens with zero attached hydrogens (tertiary/aromatic N) is 2. The van der Waals surface area contributed by atoms with Gasteiger partial charge in [0.15, 0.2) is 15.8 Å². The molecule has 0 aliphatic rings. The lowest BCUT2D eigenvalue weighted by Gasteiger charge is -2.13. The molecule has 0 aliphatic heterocycles. The summed E-state index contributed by atoms with van der Waals surface area (Å²) in [7, 11) is -1.85. The molecule has 10 heteroatoms. The summed E-state index contributed by atoms with van der Waals surface area (Å²) in [5.41, 5.74) is 1.21. The van der Waals surface area contributed by atoms with Crippen LogP contribution in [0.15, 0.2) is 58.4 Å². The minimum atomic E-state index is -3.51. The predicted octanol–water partition coefficient (Wildman–Crippen LogP) is 1.82. The van der Waals surface area contributed by atoms with Crippen LogP contribution in [0.3, 0.4) is 0 Å². The van der Waals surface area contributed by atoms with Crippen molar-refractivity contribution in [2.45, 2.75) is 11.3 Å². The zero-order valence-electron chi connectivity index (χ0n) is 16.4. The van der Waals surface area contributed by atoms with Gasteiger partial charge in [0, 0.05) is 39.0 Å². The Bertz CT molecular complexity index is 962. The Morgan fingerprint density at radius 3 is 2.38 bits per heavy atom. The summed E-state index contributed by atoms with van der Waals surface area (Å²) in [5.74, 6) is 0.629. The average Bonchev–Trinajstić information content (AvgIpc) is 2.69. The molecule has 2 rings (SSSR count). The molecule has 0 saturated heterocycles. The van der Waals surface area contributed by atoms with Crippen LogP contribution in [-0.4, -0.2) is 52.2 Å². The molecule has 0 atom stereocenters. The molecule has 0 radical (unpaired) electrons. The van der Waals surface area contributed by atoms with Crippen LogP contribution in [0.25, 0.3) is 0 Å². The van der Waals surface area contributed by atoms with E-state index in [1.807, 2.05) is 18.2 Å². The standard InChI is InChI=1S/C19H25N5O4S/c1-20-19(22-11-10-15-6-4-3-5-7-15)23-13-12-21-17-9-8-16(29(2,27)28)14-18(17)24(25)26/h3-9,14,21H,10-13H2,1-2H3,(H2,20,22,23). The van der Waals surface area contributed by atoms with Crippen molar-refractivity contribution in [1.82, 2.24) is 10.6 Å². The summed E-state index contributed by atoms with van der Waals surface area (Å²) in [4.78, 5) is 14.7. The van der Waals surface area contributed by atoms with Gasteiger partial charge in [0.25, 0.3) is 5.69 Å². The summed E-state index contributed by atoms with van der Waals surface area (Å²) >= 11 is 0. The summed E-state index contributed by atoms with van der Waals surface area (Å²) in [5, 5.41) is 20.5. The molecule has 0 amide bonds. The fourth-order valence-corrected chi connectivity index (χ4v) is 3.25. The third kappa shape index (κ3) is 7.07. The van der Waals surface area contributed by atoms with Crippen molar-refractivity contribution in [2.75, 3.05) is 38.3 Å². The van der Waals surface area contributed by atoms with E-state index in [2.05, 4.69) is 33.1 Å². The first-order chi connectivity index (χ1) is 13.8. The molecule has 9 nitrogen and oxygen atoms in total. The Hall–Kier alpha value is -3.14. The lowest BCUT2D eigenvalue weighted by molar-refractivity contribution is -0.384. The van der Waals surface area contributed by atoms with Gasteiger partial charge in [0.2, 0.25) is 0 Å². The Balaban J connectivity index is 1.83. The number of guanidine groups is 1. The average molecular weight is 420 g/mol. The summed E-state index contributed by atoms with van der Waals surface area (Å²) < 4.78 is 23.2. The Kier molecular flexibility index (Phi) is 7.96. The van der Waals surface area contributed by atoms with Crippen LogP contribution in [0, 0.1) is 10.1 Å². The molecular weight excluding hydrogens is 394 g/mol. The first-order valence-electron chi connectivity index (χ1n) is 9.02. The van der Waals surface area contributed by atoms with E-state index in [1.165, 1.54) is 17.7 Å². The van der Waals surface area contributed by atoms with Crippen LogP contribution in [-0.2, 0) is 16.3 Å². The van der Waals surface area contributed by atoms with E-state index in [9.17, 15) is 18.5 Å². The van der Waals surface area contributed by atoms with Crippen molar-refractivity contribution in [3.63, 3.8) is 0 Å². The number of nitrogens with one attached hydrogen (secondary N) is 3. The summed E-state index contributed by atoms with van der Waals surface area (Å²) in [6.07, 6.45) is 1.87. The number of nitro groups is 1. The monoisotopic (exact) mass is 419 g/mol. The molecule has 0 unspecified atom stereocenters. The summed E-state index contributed by atoms with van der Waals surface area (Å²) in [6, 6.07) is 13.9. The number of aliphatic imine (C=N–C) groups is 1. The van der Waals surface area contributed by atoms with E-state index >= 15 is 0 Å². The first kappa shape index (κ1) is 22.2. The van der Waals surface area contributed by atoms with Crippen LogP contribution >= 0.6 is 0 Å². The molecule has 156 valence electrons. The molecule has 0 fully saturated rings. The highest BCUT2D eigenvalue weighted by atomic mass is 32.2. The van der Waals surface area contributed by atoms with E-state index in [1.54, 1.807) is 7.05 Å². The number of benzene rings is 2. The lowest BCUT2D eigenvalue weighted by atomic mass is 10.1. The molecule has 2 aromatic carbocycles. The first-order valence-corrected chi connectivity index (χ1v) is 10.9. The van der Waals surface area contributed by atoms with Gasteiger partial charge >= 0.3 is 0 Å². The third-order valence-corrected chi connectivity index (χ3v) is 5.21. The molecule has 2 aromatic rings. The summed E-state index contributed by atoms with van der Waals surface area (Å²) in [6.45, 7) is 1.57. The number of anilines is 1. The van der Waals surface area contributed by atoms with Gasteiger partial charge in [-0.25, -0.2) is 8.42 Å². The smallest absolute Gasteiger partial charge is 0.293 e. The molecule has 29 heavy (non-hydrogen) atoms. The fourth-order valence-electron chi connectivity index (χ4n) is 2.61. The quantitative estimate of drug-likeness (QED) is 0.186. The van der Waals surface area contributed by atoms with Crippen LogP contribution < -0.4 is 16.0 Å². The van der Waals surface area contributed by atoms with Crippen molar-refractivity contribution in [3.05, 3.63) is 64.2 Å². The second kappa shape index (κ2) is 10.4. The zero-order chi connectivity index (χ0) is 21.3. The molecule has 3 N–H and O–H groups in total. The molecule has 0 aromatic heterocycles. The Morgan fingerprint density at radius 1 is 1.07 bits per heavy atom. The topological polar surface area (TPSA) is 126 Å². The number of hydrogen-bond acceptors (Lipinski definition) is 6. The van der Waals surface area contributed by atoms with Crippen molar-refractivity contribution in [3.8, 4) is 0 Å². The van der Waals surface area contributed by atoms with Crippen LogP contribution in [0.5, 0.6) is 0 Å². The van der Waals surface area contributed by atoms with Gasteiger partial charge < -0.3 is 16.0 Å². The van der Waals surface area contributed by atoms with Gasteiger partial charge in [-0.3, -0.25) is 15.1 Å². The minimum Gasteiger partial charge on any atom is -0.378 e. The van der Waals surface area contributed by atoms with Crippen molar-refractivity contribution >= 4 is 27.2 Å². The van der Waals surface area contributed by atoms with E-state index in [0.29, 0.717) is 19.0 Å². The van der Waals surface area contributed by atoms with Gasteiger partial charge in [0.05, 0.1) is 9.82 Å². The third-order valence-electron chi connectivity index (χ3n) is 4.10. The maximum atomic E-state index is 11.6. The van der Waals surface area contributed by atoms with E-state index in [0.717, 1.165) is 25.3 Å². The predicted molar refractivity (Wildman–Crippen MR) is 114 cm³/mol. The molecule has 0 heterocycles. The SMILES string of the molecule is CN=C(NCCNc1ccc(S(C)(=O)=O)cc1[N+](=O)[O-])NCCc1ccccc1. The van der Waals surface area contributed by atoms with Crippen LogP contribution in [0.2, 0.25) is 0 Å². The van der Waals surface area contributed by atoms with Crippen LogP contribution in [0.4, 0.5) is 11.4 Å². The maximum Gasteiger partial charge on any atom is 0.293 e. The lowest BCUT2D eigenvalue weighted by Crippen LogP contribution is -2.40. The molecular formula is C19H25N5O4S. The van der Waals surface area contributed by atoms with Gasteiger partial charge in [-0.05, 0) is 24.1 Å².